The van der Waals surface area contributed by atoms with Crippen molar-refractivity contribution in [2.24, 2.45) is 0 Å². The van der Waals surface area contributed by atoms with Crippen molar-refractivity contribution in [3.63, 3.8) is 0 Å². The van der Waals surface area contributed by atoms with Crippen LogP contribution in [0.3, 0.4) is 0 Å². The fourth-order valence-electron chi connectivity index (χ4n) is 1.68. The summed E-state index contributed by atoms with van der Waals surface area (Å²) in [6.45, 7) is 2.56. The van der Waals surface area contributed by atoms with Gasteiger partial charge in [-0.2, -0.15) is 4.98 Å². The summed E-state index contributed by atoms with van der Waals surface area (Å²) in [5, 5.41) is 0. The maximum atomic E-state index is 5.64. The molecule has 100 valence electrons. The number of anilines is 1. The molecule has 5 heteroatoms. The molecule has 0 aliphatic rings. The Bertz CT molecular complexity index is 521. The Labute approximate surface area is 112 Å². The Morgan fingerprint density at radius 1 is 1.16 bits per heavy atom. The predicted octanol–water partition coefficient (Wildman–Crippen LogP) is 2.35. The van der Waals surface area contributed by atoms with Gasteiger partial charge in [0.15, 0.2) is 0 Å². The number of nitrogen functional groups attached to an aromatic ring is 1. The lowest BCUT2D eigenvalue weighted by Crippen LogP contribution is -1.99. The second kappa shape index (κ2) is 6.15. The van der Waals surface area contributed by atoms with Gasteiger partial charge < -0.3 is 15.2 Å². The molecule has 1 heterocycles. The van der Waals surface area contributed by atoms with E-state index in [1.165, 1.54) is 5.56 Å². The molecule has 2 aromatic rings. The normalized spacial score (nSPS) is 10.4. The standard InChI is InChI=1S/C14H17N3O2/c1-10-9-13(17-14(15)16-10)19-12-5-3-11(4-6-12)7-8-18-2/h3-6,9H,7-8H2,1-2H3,(H2,15,16,17). The third-order valence-electron chi connectivity index (χ3n) is 2.59. The predicted molar refractivity (Wildman–Crippen MR) is 73.3 cm³/mol. The van der Waals surface area contributed by atoms with Gasteiger partial charge in [-0.05, 0) is 31.0 Å². The SMILES string of the molecule is COCCc1ccc(Oc2cc(C)nc(N)n2)cc1. The van der Waals surface area contributed by atoms with Gasteiger partial charge in [0, 0.05) is 18.9 Å². The highest BCUT2D eigenvalue weighted by Crippen LogP contribution is 2.21. The van der Waals surface area contributed by atoms with Crippen molar-refractivity contribution in [1.29, 1.82) is 0 Å². The van der Waals surface area contributed by atoms with E-state index in [4.69, 9.17) is 15.2 Å². The Morgan fingerprint density at radius 2 is 1.89 bits per heavy atom. The summed E-state index contributed by atoms with van der Waals surface area (Å²) in [7, 11) is 1.69. The van der Waals surface area contributed by atoms with Gasteiger partial charge in [-0.3, -0.25) is 0 Å². The van der Waals surface area contributed by atoms with Crippen molar-refractivity contribution in [2.75, 3.05) is 19.5 Å². The summed E-state index contributed by atoms with van der Waals surface area (Å²) in [6, 6.07) is 9.56. The second-order valence-corrected chi connectivity index (χ2v) is 4.19. The lowest BCUT2D eigenvalue weighted by Gasteiger charge is -2.07. The van der Waals surface area contributed by atoms with E-state index >= 15 is 0 Å². The number of methoxy groups -OCH3 is 1. The third kappa shape index (κ3) is 3.93. The van der Waals surface area contributed by atoms with Crippen LogP contribution in [0.5, 0.6) is 11.6 Å². The highest BCUT2D eigenvalue weighted by molar-refractivity contribution is 5.33. The fourth-order valence-corrected chi connectivity index (χ4v) is 1.68. The maximum Gasteiger partial charge on any atom is 0.224 e. The number of aromatic nitrogens is 2. The zero-order valence-corrected chi connectivity index (χ0v) is 11.1. The minimum Gasteiger partial charge on any atom is -0.439 e. The zero-order valence-electron chi connectivity index (χ0n) is 11.1. The first-order valence-corrected chi connectivity index (χ1v) is 6.04. The van der Waals surface area contributed by atoms with Gasteiger partial charge >= 0.3 is 0 Å². The Kier molecular flexibility index (Phi) is 4.30. The van der Waals surface area contributed by atoms with Gasteiger partial charge in [-0.25, -0.2) is 4.98 Å². The van der Waals surface area contributed by atoms with E-state index in [-0.39, 0.29) is 5.95 Å². The van der Waals surface area contributed by atoms with E-state index in [1.807, 2.05) is 31.2 Å². The molecule has 0 spiro atoms. The minimum absolute atomic E-state index is 0.215. The summed E-state index contributed by atoms with van der Waals surface area (Å²) in [6.07, 6.45) is 0.885. The van der Waals surface area contributed by atoms with Crippen LogP contribution in [-0.2, 0) is 11.2 Å². The molecule has 2 N–H and O–H groups in total. The van der Waals surface area contributed by atoms with Crippen molar-refractivity contribution >= 4 is 5.95 Å². The van der Waals surface area contributed by atoms with Gasteiger partial charge in [0.05, 0.1) is 6.61 Å². The molecule has 1 aromatic carbocycles. The van der Waals surface area contributed by atoms with Gasteiger partial charge in [0.25, 0.3) is 0 Å². The lowest BCUT2D eigenvalue weighted by molar-refractivity contribution is 0.202. The smallest absolute Gasteiger partial charge is 0.224 e. The molecule has 19 heavy (non-hydrogen) atoms. The van der Waals surface area contributed by atoms with Crippen molar-refractivity contribution < 1.29 is 9.47 Å². The molecule has 5 nitrogen and oxygen atoms in total. The van der Waals surface area contributed by atoms with Crippen LogP contribution in [-0.4, -0.2) is 23.7 Å². The molecule has 0 amide bonds. The first-order valence-electron chi connectivity index (χ1n) is 6.04. The van der Waals surface area contributed by atoms with Crippen LogP contribution in [0.2, 0.25) is 0 Å². The fraction of sp³-hybridized carbons (Fsp3) is 0.286. The molecule has 0 bridgehead atoms. The first kappa shape index (κ1) is 13.3. The molecule has 2 rings (SSSR count). The number of nitrogens with zero attached hydrogens (tertiary/aromatic N) is 2. The van der Waals surface area contributed by atoms with E-state index in [0.717, 1.165) is 17.9 Å². The second-order valence-electron chi connectivity index (χ2n) is 4.19. The maximum absolute atomic E-state index is 5.64. The van der Waals surface area contributed by atoms with Crippen LogP contribution in [0, 0.1) is 6.92 Å². The van der Waals surface area contributed by atoms with Gasteiger partial charge in [0.1, 0.15) is 5.75 Å². The van der Waals surface area contributed by atoms with E-state index in [2.05, 4.69) is 9.97 Å². The van der Waals surface area contributed by atoms with Crippen LogP contribution in [0.1, 0.15) is 11.3 Å². The number of nitrogens with two attached hydrogens (primary N) is 1. The van der Waals surface area contributed by atoms with E-state index in [9.17, 15) is 0 Å². The first-order chi connectivity index (χ1) is 9.17. The quantitative estimate of drug-likeness (QED) is 0.892. The van der Waals surface area contributed by atoms with Crippen molar-refractivity contribution in [1.82, 2.24) is 9.97 Å². The Morgan fingerprint density at radius 3 is 2.53 bits per heavy atom. The summed E-state index contributed by atoms with van der Waals surface area (Å²) < 4.78 is 10.7. The molecular weight excluding hydrogens is 242 g/mol. The molecule has 0 atom stereocenters. The number of rotatable bonds is 5. The van der Waals surface area contributed by atoms with Crippen LogP contribution in [0.4, 0.5) is 5.95 Å². The number of hydrogen-bond donors (Lipinski definition) is 1. The highest BCUT2D eigenvalue weighted by atomic mass is 16.5. The Balaban J connectivity index is 2.06. The number of aryl methyl sites for hydroxylation is 1. The van der Waals surface area contributed by atoms with E-state index < -0.39 is 0 Å². The number of hydrogen-bond acceptors (Lipinski definition) is 5. The van der Waals surface area contributed by atoms with Gasteiger partial charge in [0.2, 0.25) is 11.8 Å². The molecule has 0 aliphatic carbocycles. The molecule has 0 unspecified atom stereocenters. The van der Waals surface area contributed by atoms with Crippen molar-refractivity contribution in [2.45, 2.75) is 13.3 Å². The van der Waals surface area contributed by atoms with Crippen LogP contribution >= 0.6 is 0 Å². The van der Waals surface area contributed by atoms with E-state index in [0.29, 0.717) is 12.5 Å². The van der Waals surface area contributed by atoms with Crippen LogP contribution < -0.4 is 10.5 Å². The van der Waals surface area contributed by atoms with Crippen LogP contribution in [0.25, 0.3) is 0 Å². The summed E-state index contributed by atoms with van der Waals surface area (Å²) in [5.41, 5.74) is 7.55. The zero-order chi connectivity index (χ0) is 13.7. The average Bonchev–Trinajstić information content (AvgIpc) is 2.37. The summed E-state index contributed by atoms with van der Waals surface area (Å²) in [4.78, 5) is 8.02. The van der Waals surface area contributed by atoms with E-state index in [1.54, 1.807) is 13.2 Å². The third-order valence-corrected chi connectivity index (χ3v) is 2.59. The Hall–Kier alpha value is -2.14. The lowest BCUT2D eigenvalue weighted by atomic mass is 10.1. The highest BCUT2D eigenvalue weighted by Gasteiger charge is 2.02. The van der Waals surface area contributed by atoms with Crippen molar-refractivity contribution in [3.05, 3.63) is 41.6 Å². The van der Waals surface area contributed by atoms with Crippen LogP contribution in [0.15, 0.2) is 30.3 Å². The summed E-state index contributed by atoms with van der Waals surface area (Å²) in [5.74, 6) is 1.39. The van der Waals surface area contributed by atoms with Crippen molar-refractivity contribution in [3.8, 4) is 11.6 Å². The monoisotopic (exact) mass is 259 g/mol. The minimum atomic E-state index is 0.215. The topological polar surface area (TPSA) is 70.3 Å². The van der Waals surface area contributed by atoms with Gasteiger partial charge in [-0.1, -0.05) is 12.1 Å². The molecule has 0 saturated carbocycles. The molecule has 0 aliphatic heterocycles. The molecule has 0 saturated heterocycles. The molecule has 0 radical (unpaired) electrons. The largest absolute Gasteiger partial charge is 0.439 e. The molecular formula is C14H17N3O2. The van der Waals surface area contributed by atoms with Gasteiger partial charge in [-0.15, -0.1) is 0 Å². The number of ether oxygens (including phenoxy) is 2. The summed E-state index contributed by atoms with van der Waals surface area (Å²) >= 11 is 0. The molecule has 0 fully saturated rings. The average molecular weight is 259 g/mol. The molecule has 1 aromatic heterocycles. The number of benzene rings is 1.